The van der Waals surface area contributed by atoms with E-state index < -0.39 is 10.0 Å². The van der Waals surface area contributed by atoms with E-state index in [4.69, 9.17) is 0 Å². The summed E-state index contributed by atoms with van der Waals surface area (Å²) in [5, 5.41) is 6.88. The number of thiophene rings is 1. The van der Waals surface area contributed by atoms with Crippen molar-refractivity contribution < 1.29 is 13.2 Å². The highest BCUT2D eigenvalue weighted by Gasteiger charge is 2.27. The van der Waals surface area contributed by atoms with Crippen LogP contribution in [0.2, 0.25) is 0 Å². The van der Waals surface area contributed by atoms with Gasteiger partial charge in [-0.25, -0.2) is 22.6 Å². The number of carbonyl (C=O) groups excluding carboxylic acids is 1. The standard InChI is InChI=1S/C20H26N6O3S3/c1-13-16(14(2)26-19(21-13)22-20(23-26)30-3)6-7-17(27)25-10-8-15(9-11-25)24-32(28,29)18-5-4-12-31-18/h4-5,12,15,24H,6-11H2,1-3H3. The molecule has 0 radical (unpaired) electrons. The average molecular weight is 495 g/mol. The van der Waals surface area contributed by atoms with E-state index in [1.807, 2.05) is 25.0 Å². The van der Waals surface area contributed by atoms with Crippen molar-refractivity contribution in [3.05, 3.63) is 34.5 Å². The minimum atomic E-state index is -3.49. The Morgan fingerprint density at radius 1 is 1.28 bits per heavy atom. The number of nitrogens with zero attached hydrogens (tertiary/aromatic N) is 5. The van der Waals surface area contributed by atoms with Crippen LogP contribution >= 0.6 is 23.1 Å². The highest BCUT2D eigenvalue weighted by molar-refractivity contribution is 7.98. The Bertz CT molecular complexity index is 1220. The van der Waals surface area contributed by atoms with Gasteiger partial charge in [0.15, 0.2) is 0 Å². The monoisotopic (exact) mass is 494 g/mol. The molecule has 0 unspecified atom stereocenters. The number of fused-ring (bicyclic) bond motifs is 1. The van der Waals surface area contributed by atoms with Crippen LogP contribution in [0.25, 0.3) is 5.78 Å². The Kier molecular flexibility index (Phi) is 6.84. The van der Waals surface area contributed by atoms with Crippen LogP contribution in [0, 0.1) is 13.8 Å². The van der Waals surface area contributed by atoms with Crippen LogP contribution in [0.1, 0.15) is 36.2 Å². The van der Waals surface area contributed by atoms with Crippen molar-refractivity contribution in [2.75, 3.05) is 19.3 Å². The SMILES string of the molecule is CSc1nc2nc(C)c(CCC(=O)N3CCC(NS(=O)(=O)c4cccs4)CC3)c(C)n2n1. The smallest absolute Gasteiger partial charge is 0.253 e. The predicted octanol–water partition coefficient (Wildman–Crippen LogP) is 2.43. The molecular weight excluding hydrogens is 468 g/mol. The van der Waals surface area contributed by atoms with Gasteiger partial charge in [0.05, 0.1) is 0 Å². The minimum absolute atomic E-state index is 0.0758. The van der Waals surface area contributed by atoms with Crippen molar-refractivity contribution in [1.29, 1.82) is 0 Å². The molecule has 0 aliphatic carbocycles. The first kappa shape index (κ1) is 23.1. The summed E-state index contributed by atoms with van der Waals surface area (Å²) < 4.78 is 29.7. The van der Waals surface area contributed by atoms with E-state index in [9.17, 15) is 13.2 Å². The van der Waals surface area contributed by atoms with Crippen molar-refractivity contribution in [2.45, 2.75) is 54.9 Å². The molecule has 1 aliphatic heterocycles. The molecule has 1 N–H and O–H groups in total. The predicted molar refractivity (Wildman–Crippen MR) is 125 cm³/mol. The van der Waals surface area contributed by atoms with Crippen molar-refractivity contribution in [2.24, 2.45) is 0 Å². The molecule has 1 amide bonds. The normalized spacial score (nSPS) is 15.5. The molecule has 0 spiro atoms. The molecule has 0 atom stereocenters. The summed E-state index contributed by atoms with van der Waals surface area (Å²) in [6, 6.07) is 3.17. The van der Waals surface area contributed by atoms with Gasteiger partial charge >= 0.3 is 0 Å². The van der Waals surface area contributed by atoms with Gasteiger partial charge < -0.3 is 4.90 Å². The fraction of sp³-hybridized carbons (Fsp3) is 0.500. The Balaban J connectivity index is 1.34. The van der Waals surface area contributed by atoms with Gasteiger partial charge in [0.1, 0.15) is 4.21 Å². The zero-order valence-electron chi connectivity index (χ0n) is 18.2. The molecule has 9 nitrogen and oxygen atoms in total. The van der Waals surface area contributed by atoms with Crippen LogP contribution in [0.5, 0.6) is 0 Å². The first-order valence-corrected chi connectivity index (χ1v) is 14.0. The topological polar surface area (TPSA) is 110 Å². The molecule has 1 saturated heterocycles. The largest absolute Gasteiger partial charge is 0.343 e. The van der Waals surface area contributed by atoms with E-state index in [0.29, 0.717) is 53.9 Å². The summed E-state index contributed by atoms with van der Waals surface area (Å²) in [6.07, 6.45) is 4.10. The number of hydrogen-bond donors (Lipinski definition) is 1. The Labute approximate surface area is 195 Å². The molecule has 12 heteroatoms. The van der Waals surface area contributed by atoms with Crippen LogP contribution in [0.15, 0.2) is 26.9 Å². The number of hydrogen-bond acceptors (Lipinski definition) is 8. The summed E-state index contributed by atoms with van der Waals surface area (Å²) in [7, 11) is -3.49. The molecule has 0 saturated carbocycles. The maximum Gasteiger partial charge on any atom is 0.253 e. The van der Waals surface area contributed by atoms with Crippen LogP contribution in [0.3, 0.4) is 0 Å². The van der Waals surface area contributed by atoms with E-state index in [0.717, 1.165) is 17.0 Å². The van der Waals surface area contributed by atoms with Gasteiger partial charge in [-0.3, -0.25) is 4.79 Å². The van der Waals surface area contributed by atoms with E-state index in [-0.39, 0.29) is 11.9 Å². The molecule has 0 aromatic carbocycles. The number of likely N-dealkylation sites (tertiary alicyclic amines) is 1. The van der Waals surface area contributed by atoms with E-state index >= 15 is 0 Å². The molecule has 32 heavy (non-hydrogen) atoms. The fourth-order valence-electron chi connectivity index (χ4n) is 3.97. The van der Waals surface area contributed by atoms with E-state index in [1.165, 1.54) is 23.1 Å². The lowest BCUT2D eigenvalue weighted by Crippen LogP contribution is -2.46. The molecule has 1 fully saturated rings. The van der Waals surface area contributed by atoms with Gasteiger partial charge in [-0.15, -0.1) is 16.4 Å². The molecular formula is C20H26N6O3S3. The summed E-state index contributed by atoms with van der Waals surface area (Å²) in [6.45, 7) is 5.01. The van der Waals surface area contributed by atoms with Crippen molar-refractivity contribution >= 4 is 44.8 Å². The number of piperidine rings is 1. The summed E-state index contributed by atoms with van der Waals surface area (Å²) in [4.78, 5) is 23.6. The van der Waals surface area contributed by atoms with Crippen LogP contribution in [-0.2, 0) is 21.2 Å². The molecule has 1 aliphatic rings. The molecule has 4 heterocycles. The lowest BCUT2D eigenvalue weighted by Gasteiger charge is -2.32. The third-order valence-corrected chi connectivity index (χ3v) is 9.19. The molecule has 172 valence electrons. The summed E-state index contributed by atoms with van der Waals surface area (Å²) in [5.74, 6) is 0.651. The van der Waals surface area contributed by atoms with Crippen molar-refractivity contribution in [3.8, 4) is 0 Å². The fourth-order valence-corrected chi connectivity index (χ4v) is 6.62. The third kappa shape index (κ3) is 4.82. The number of nitrogens with one attached hydrogen (secondary N) is 1. The highest BCUT2D eigenvalue weighted by Crippen LogP contribution is 2.21. The highest BCUT2D eigenvalue weighted by atomic mass is 32.2. The van der Waals surface area contributed by atoms with Crippen LogP contribution in [-0.4, -0.2) is 64.2 Å². The van der Waals surface area contributed by atoms with E-state index in [2.05, 4.69) is 19.8 Å². The number of amides is 1. The lowest BCUT2D eigenvalue weighted by molar-refractivity contribution is -0.132. The minimum Gasteiger partial charge on any atom is -0.343 e. The average Bonchev–Trinajstić information content (AvgIpc) is 3.44. The Hall–Kier alpha value is -2.02. The Morgan fingerprint density at radius 2 is 2.03 bits per heavy atom. The van der Waals surface area contributed by atoms with Gasteiger partial charge in [-0.1, -0.05) is 17.8 Å². The second-order valence-corrected chi connectivity index (χ2v) is 11.4. The van der Waals surface area contributed by atoms with E-state index in [1.54, 1.807) is 22.0 Å². The van der Waals surface area contributed by atoms with Gasteiger partial charge in [-0.2, -0.15) is 4.98 Å². The summed E-state index contributed by atoms with van der Waals surface area (Å²) >= 11 is 2.67. The number of aryl methyl sites for hydroxylation is 2. The second kappa shape index (κ2) is 9.46. The van der Waals surface area contributed by atoms with Crippen molar-refractivity contribution in [1.82, 2.24) is 29.2 Å². The number of carbonyl (C=O) groups is 1. The molecule has 3 aromatic heterocycles. The second-order valence-electron chi connectivity index (χ2n) is 7.78. The number of sulfonamides is 1. The molecule has 0 bridgehead atoms. The Morgan fingerprint density at radius 3 is 2.69 bits per heavy atom. The van der Waals surface area contributed by atoms with Gasteiger partial charge in [0.25, 0.3) is 5.78 Å². The molecule has 3 aromatic rings. The van der Waals surface area contributed by atoms with Crippen LogP contribution < -0.4 is 4.72 Å². The zero-order valence-corrected chi connectivity index (χ0v) is 20.7. The van der Waals surface area contributed by atoms with Crippen LogP contribution in [0.4, 0.5) is 0 Å². The number of aromatic nitrogens is 4. The first-order chi connectivity index (χ1) is 15.3. The number of rotatable bonds is 7. The number of thioether (sulfide) groups is 1. The third-order valence-electron chi connectivity index (χ3n) is 5.73. The summed E-state index contributed by atoms with van der Waals surface area (Å²) in [5.41, 5.74) is 2.83. The van der Waals surface area contributed by atoms with Gasteiger partial charge in [0, 0.05) is 36.9 Å². The first-order valence-electron chi connectivity index (χ1n) is 10.4. The van der Waals surface area contributed by atoms with Gasteiger partial charge in [0.2, 0.25) is 21.1 Å². The maximum atomic E-state index is 12.8. The van der Waals surface area contributed by atoms with Gasteiger partial charge in [-0.05, 0) is 56.4 Å². The quantitative estimate of drug-likeness (QED) is 0.502. The zero-order chi connectivity index (χ0) is 22.9. The lowest BCUT2D eigenvalue weighted by atomic mass is 10.0. The molecule has 4 rings (SSSR count). The van der Waals surface area contributed by atoms with Crippen molar-refractivity contribution in [3.63, 3.8) is 0 Å². The maximum absolute atomic E-state index is 12.8.